The lowest BCUT2D eigenvalue weighted by molar-refractivity contribution is -0.139. The third-order valence-electron chi connectivity index (χ3n) is 3.36. The summed E-state index contributed by atoms with van der Waals surface area (Å²) in [6.07, 6.45) is 0.0222. The summed E-state index contributed by atoms with van der Waals surface area (Å²) >= 11 is 0. The minimum atomic E-state index is -3.50. The molecular formula is C13H18N2O4S. The number of hydrogen-bond donors (Lipinski definition) is 1. The van der Waals surface area contributed by atoms with E-state index >= 15 is 0 Å². The summed E-state index contributed by atoms with van der Waals surface area (Å²) in [6, 6.07) is 9.35. The highest BCUT2D eigenvalue weighted by Crippen LogP contribution is 2.24. The van der Waals surface area contributed by atoms with Crippen molar-refractivity contribution in [2.75, 3.05) is 20.1 Å². The average Bonchev–Trinajstić information content (AvgIpc) is 2.34. The van der Waals surface area contributed by atoms with Crippen LogP contribution in [0, 0.1) is 5.92 Å². The Bertz CT molecular complexity index is 567. The van der Waals surface area contributed by atoms with E-state index in [-0.39, 0.29) is 25.4 Å². The fourth-order valence-electron chi connectivity index (χ4n) is 2.21. The summed E-state index contributed by atoms with van der Waals surface area (Å²) < 4.78 is 27.1. The number of hydrogen-bond acceptors (Lipinski definition) is 3. The zero-order chi connectivity index (χ0) is 14.8. The molecule has 110 valence electrons. The molecule has 0 unspecified atom stereocenters. The van der Waals surface area contributed by atoms with Crippen LogP contribution in [0.15, 0.2) is 30.3 Å². The third kappa shape index (κ3) is 3.36. The maximum absolute atomic E-state index is 12.3. The number of rotatable bonds is 6. The molecule has 1 saturated heterocycles. The molecule has 7 heteroatoms. The molecule has 1 fully saturated rings. The predicted octanol–water partition coefficient (Wildman–Crippen LogP) is 0.770. The summed E-state index contributed by atoms with van der Waals surface area (Å²) in [5.41, 5.74) is 0.918. The molecule has 1 aliphatic rings. The van der Waals surface area contributed by atoms with Crippen molar-refractivity contribution < 1.29 is 18.3 Å². The van der Waals surface area contributed by atoms with E-state index in [0.29, 0.717) is 6.54 Å². The second-order valence-electron chi connectivity index (χ2n) is 5.03. The molecule has 0 radical (unpaired) electrons. The lowest BCUT2D eigenvalue weighted by atomic mass is 10.00. The molecule has 0 saturated carbocycles. The van der Waals surface area contributed by atoms with Crippen LogP contribution in [0.3, 0.4) is 0 Å². The van der Waals surface area contributed by atoms with Crippen molar-refractivity contribution in [2.45, 2.75) is 13.0 Å². The molecule has 0 aromatic heterocycles. The van der Waals surface area contributed by atoms with Crippen LogP contribution in [-0.4, -0.2) is 48.2 Å². The highest BCUT2D eigenvalue weighted by atomic mass is 32.2. The van der Waals surface area contributed by atoms with Crippen LogP contribution < -0.4 is 0 Å². The maximum atomic E-state index is 12.3. The number of carboxylic acids is 1. The van der Waals surface area contributed by atoms with Gasteiger partial charge < -0.3 is 5.11 Å². The van der Waals surface area contributed by atoms with Crippen LogP contribution in [0.4, 0.5) is 0 Å². The van der Waals surface area contributed by atoms with Crippen molar-refractivity contribution in [3.05, 3.63) is 35.9 Å². The average molecular weight is 298 g/mol. The van der Waals surface area contributed by atoms with Crippen molar-refractivity contribution in [1.29, 1.82) is 0 Å². The van der Waals surface area contributed by atoms with E-state index < -0.39 is 16.2 Å². The standard InChI is InChI=1S/C13H18N2O4S/c1-14(8-11-5-3-2-4-6-11)20(18,19)15-9-12(10-15)7-13(16)17/h2-6,12H,7-10H2,1H3,(H,16,17). The molecule has 6 nitrogen and oxygen atoms in total. The van der Waals surface area contributed by atoms with Gasteiger partial charge in [-0.2, -0.15) is 17.0 Å². The van der Waals surface area contributed by atoms with E-state index in [2.05, 4.69) is 0 Å². The summed E-state index contributed by atoms with van der Waals surface area (Å²) in [4.78, 5) is 10.6. The largest absolute Gasteiger partial charge is 0.481 e. The molecule has 0 spiro atoms. The molecular weight excluding hydrogens is 280 g/mol. The first-order valence-corrected chi connectivity index (χ1v) is 7.76. The molecule has 1 aromatic carbocycles. The topological polar surface area (TPSA) is 77.9 Å². The highest BCUT2D eigenvalue weighted by Gasteiger charge is 2.38. The van der Waals surface area contributed by atoms with Gasteiger partial charge in [0.05, 0.1) is 6.42 Å². The van der Waals surface area contributed by atoms with Crippen molar-refractivity contribution in [1.82, 2.24) is 8.61 Å². The highest BCUT2D eigenvalue weighted by molar-refractivity contribution is 7.86. The first-order chi connectivity index (χ1) is 9.39. The van der Waals surface area contributed by atoms with Gasteiger partial charge in [-0.3, -0.25) is 4.79 Å². The molecule has 0 amide bonds. The first kappa shape index (κ1) is 15.0. The molecule has 20 heavy (non-hydrogen) atoms. The van der Waals surface area contributed by atoms with Crippen molar-refractivity contribution in [2.24, 2.45) is 5.92 Å². The fraction of sp³-hybridized carbons (Fsp3) is 0.462. The Kier molecular flexibility index (Phi) is 4.42. The van der Waals surface area contributed by atoms with E-state index in [1.807, 2.05) is 30.3 Å². The molecule has 1 aromatic rings. The Morgan fingerprint density at radius 1 is 1.35 bits per heavy atom. The van der Waals surface area contributed by atoms with Gasteiger partial charge >= 0.3 is 5.97 Å². The SMILES string of the molecule is CN(Cc1ccccc1)S(=O)(=O)N1CC(CC(=O)O)C1. The molecule has 0 aliphatic carbocycles. The molecule has 0 bridgehead atoms. The minimum Gasteiger partial charge on any atom is -0.481 e. The minimum absolute atomic E-state index is 0.0222. The van der Waals surface area contributed by atoms with Gasteiger partial charge in [0.25, 0.3) is 10.2 Å². The number of aliphatic carboxylic acids is 1. The normalized spacial score (nSPS) is 17.1. The predicted molar refractivity (Wildman–Crippen MR) is 74.1 cm³/mol. The first-order valence-electron chi connectivity index (χ1n) is 6.36. The van der Waals surface area contributed by atoms with E-state index in [1.54, 1.807) is 0 Å². The van der Waals surface area contributed by atoms with Gasteiger partial charge in [0, 0.05) is 26.7 Å². The Morgan fingerprint density at radius 2 is 1.95 bits per heavy atom. The fourth-order valence-corrected chi connectivity index (χ4v) is 3.71. The van der Waals surface area contributed by atoms with E-state index in [0.717, 1.165) is 5.56 Å². The monoisotopic (exact) mass is 298 g/mol. The van der Waals surface area contributed by atoms with Gasteiger partial charge in [-0.15, -0.1) is 0 Å². The smallest absolute Gasteiger partial charge is 0.303 e. The van der Waals surface area contributed by atoms with Crippen LogP contribution >= 0.6 is 0 Å². The summed E-state index contributed by atoms with van der Waals surface area (Å²) in [6.45, 7) is 0.880. The molecule has 1 N–H and O–H groups in total. The van der Waals surface area contributed by atoms with Gasteiger partial charge in [0.2, 0.25) is 0 Å². The summed E-state index contributed by atoms with van der Waals surface area (Å²) in [5, 5.41) is 8.66. The van der Waals surface area contributed by atoms with E-state index in [9.17, 15) is 13.2 Å². The lowest BCUT2D eigenvalue weighted by Crippen LogP contribution is -2.54. The van der Waals surface area contributed by atoms with Gasteiger partial charge in [0.1, 0.15) is 0 Å². The third-order valence-corrected chi connectivity index (χ3v) is 5.22. The molecule has 0 atom stereocenters. The summed E-state index contributed by atoms with van der Waals surface area (Å²) in [5.74, 6) is -0.961. The zero-order valence-electron chi connectivity index (χ0n) is 11.3. The Labute approximate surface area is 118 Å². The van der Waals surface area contributed by atoms with Crippen molar-refractivity contribution in [3.63, 3.8) is 0 Å². The number of carboxylic acid groups (broad SMARTS) is 1. The lowest BCUT2D eigenvalue weighted by Gasteiger charge is -2.39. The van der Waals surface area contributed by atoms with Crippen LogP contribution in [0.25, 0.3) is 0 Å². The molecule has 1 heterocycles. The Hall–Kier alpha value is -1.44. The van der Waals surface area contributed by atoms with E-state index in [1.165, 1.54) is 15.7 Å². The molecule has 2 rings (SSSR count). The second kappa shape index (κ2) is 5.90. The van der Waals surface area contributed by atoms with Crippen LogP contribution in [-0.2, 0) is 21.5 Å². The maximum Gasteiger partial charge on any atom is 0.303 e. The number of carbonyl (C=O) groups is 1. The second-order valence-corrected chi connectivity index (χ2v) is 7.07. The van der Waals surface area contributed by atoms with Crippen molar-refractivity contribution >= 4 is 16.2 Å². The Morgan fingerprint density at radius 3 is 2.50 bits per heavy atom. The van der Waals surface area contributed by atoms with Gasteiger partial charge in [0.15, 0.2) is 0 Å². The van der Waals surface area contributed by atoms with Crippen LogP contribution in [0.2, 0.25) is 0 Å². The number of benzene rings is 1. The zero-order valence-corrected chi connectivity index (χ0v) is 12.1. The van der Waals surface area contributed by atoms with Gasteiger partial charge in [-0.1, -0.05) is 30.3 Å². The van der Waals surface area contributed by atoms with E-state index in [4.69, 9.17) is 5.11 Å². The van der Waals surface area contributed by atoms with Crippen LogP contribution in [0.5, 0.6) is 0 Å². The number of nitrogens with zero attached hydrogens (tertiary/aromatic N) is 2. The quantitative estimate of drug-likeness (QED) is 0.841. The van der Waals surface area contributed by atoms with Gasteiger partial charge in [-0.25, -0.2) is 0 Å². The summed E-state index contributed by atoms with van der Waals surface area (Å²) in [7, 11) is -1.96. The Balaban J connectivity index is 1.93. The van der Waals surface area contributed by atoms with Crippen molar-refractivity contribution in [3.8, 4) is 0 Å². The van der Waals surface area contributed by atoms with Crippen LogP contribution in [0.1, 0.15) is 12.0 Å². The molecule has 1 aliphatic heterocycles. The van der Waals surface area contributed by atoms with Gasteiger partial charge in [-0.05, 0) is 11.5 Å².